The maximum Gasteiger partial charge on any atom is 0.306 e. The molecule has 0 saturated carbocycles. The normalized spacial score (nSPS) is 12.4. The van der Waals surface area contributed by atoms with E-state index in [1.165, 1.54) is 141 Å². The number of carbonyl (C=O) groups excluding carboxylic acids is 3. The van der Waals surface area contributed by atoms with Crippen LogP contribution in [0.2, 0.25) is 0 Å². The first-order valence-electron chi connectivity index (χ1n) is 25.6. The fourth-order valence-electron chi connectivity index (χ4n) is 7.16. The summed E-state index contributed by atoms with van der Waals surface area (Å²) in [6, 6.07) is 0. The second kappa shape index (κ2) is 49.0. The Balaban J connectivity index is 4.45. The van der Waals surface area contributed by atoms with Gasteiger partial charge in [-0.05, 0) is 77.0 Å². The van der Waals surface area contributed by atoms with Crippen LogP contribution in [0.25, 0.3) is 0 Å². The Kier molecular flexibility index (Phi) is 46.9. The van der Waals surface area contributed by atoms with Gasteiger partial charge in [-0.25, -0.2) is 0 Å². The van der Waals surface area contributed by atoms with Crippen molar-refractivity contribution in [1.29, 1.82) is 0 Å². The highest BCUT2D eigenvalue weighted by atomic mass is 16.6. The van der Waals surface area contributed by atoms with Crippen LogP contribution in [0.1, 0.15) is 258 Å². The zero-order valence-corrected chi connectivity index (χ0v) is 39.7. The van der Waals surface area contributed by atoms with Gasteiger partial charge < -0.3 is 14.2 Å². The Morgan fingerprint density at radius 1 is 0.333 bits per heavy atom. The monoisotopic (exact) mass is 841 g/mol. The molecule has 0 fully saturated rings. The Labute approximate surface area is 371 Å². The third-order valence-corrected chi connectivity index (χ3v) is 11.1. The minimum atomic E-state index is -0.797. The summed E-state index contributed by atoms with van der Waals surface area (Å²) in [6.45, 7) is 6.57. The molecular weight excluding hydrogens is 745 g/mol. The molecule has 6 heteroatoms. The van der Waals surface area contributed by atoms with Gasteiger partial charge in [0, 0.05) is 19.3 Å². The van der Waals surface area contributed by atoms with Crippen molar-refractivity contribution in [3.05, 3.63) is 48.6 Å². The van der Waals surface area contributed by atoms with E-state index in [1.54, 1.807) is 0 Å². The molecule has 348 valence electrons. The van der Waals surface area contributed by atoms with Crippen molar-refractivity contribution in [2.24, 2.45) is 0 Å². The van der Waals surface area contributed by atoms with E-state index in [2.05, 4.69) is 69.4 Å². The number of hydrogen-bond acceptors (Lipinski definition) is 6. The van der Waals surface area contributed by atoms with E-state index >= 15 is 0 Å². The fraction of sp³-hybridized carbons (Fsp3) is 0.796. The van der Waals surface area contributed by atoms with Gasteiger partial charge in [0.05, 0.1) is 0 Å². The summed E-state index contributed by atoms with van der Waals surface area (Å²) in [6.07, 6.45) is 58.1. The van der Waals surface area contributed by atoms with Gasteiger partial charge in [-0.1, -0.05) is 211 Å². The Morgan fingerprint density at radius 3 is 1.03 bits per heavy atom. The number of ether oxygens (including phenoxy) is 3. The molecule has 6 nitrogen and oxygen atoms in total. The second-order valence-corrected chi connectivity index (χ2v) is 17.1. The van der Waals surface area contributed by atoms with Gasteiger partial charge in [-0.15, -0.1) is 0 Å². The highest BCUT2D eigenvalue weighted by Crippen LogP contribution is 2.14. The average molecular weight is 841 g/mol. The minimum absolute atomic E-state index is 0.0926. The van der Waals surface area contributed by atoms with E-state index in [1.807, 2.05) is 0 Å². The third kappa shape index (κ3) is 46.4. The van der Waals surface area contributed by atoms with Crippen molar-refractivity contribution >= 4 is 17.9 Å². The summed E-state index contributed by atoms with van der Waals surface area (Å²) in [5.74, 6) is -0.958. The molecule has 0 radical (unpaired) electrons. The number of carbonyl (C=O) groups is 3. The zero-order chi connectivity index (χ0) is 43.7. The highest BCUT2D eigenvalue weighted by Gasteiger charge is 2.19. The lowest BCUT2D eigenvalue weighted by Gasteiger charge is -2.18. The number of allylic oxidation sites excluding steroid dienone is 8. The van der Waals surface area contributed by atoms with Gasteiger partial charge in [-0.2, -0.15) is 0 Å². The van der Waals surface area contributed by atoms with Crippen LogP contribution in [0, 0.1) is 0 Å². The van der Waals surface area contributed by atoms with Gasteiger partial charge in [0.2, 0.25) is 0 Å². The van der Waals surface area contributed by atoms with Crippen LogP contribution in [0.5, 0.6) is 0 Å². The van der Waals surface area contributed by atoms with Crippen molar-refractivity contribution < 1.29 is 28.6 Å². The van der Waals surface area contributed by atoms with Crippen LogP contribution in [-0.2, 0) is 28.6 Å². The lowest BCUT2D eigenvalue weighted by atomic mass is 10.0. The van der Waals surface area contributed by atoms with E-state index in [9.17, 15) is 14.4 Å². The molecule has 0 aliphatic rings. The highest BCUT2D eigenvalue weighted by molar-refractivity contribution is 5.71. The molecular formula is C54H96O6. The summed E-state index contributed by atoms with van der Waals surface area (Å²) < 4.78 is 16.7. The average Bonchev–Trinajstić information content (AvgIpc) is 3.24. The zero-order valence-electron chi connectivity index (χ0n) is 39.7. The molecule has 0 heterocycles. The molecule has 0 amide bonds. The van der Waals surface area contributed by atoms with Crippen molar-refractivity contribution in [3.8, 4) is 0 Å². The predicted molar refractivity (Wildman–Crippen MR) is 256 cm³/mol. The van der Waals surface area contributed by atoms with Crippen LogP contribution in [0.3, 0.4) is 0 Å². The van der Waals surface area contributed by atoms with E-state index in [0.29, 0.717) is 19.3 Å². The van der Waals surface area contributed by atoms with Gasteiger partial charge in [-0.3, -0.25) is 14.4 Å². The lowest BCUT2D eigenvalue weighted by molar-refractivity contribution is -0.167. The van der Waals surface area contributed by atoms with Crippen LogP contribution in [0.15, 0.2) is 48.6 Å². The number of hydrogen-bond donors (Lipinski definition) is 0. The molecule has 0 aromatic rings. The molecule has 0 rings (SSSR count). The van der Waals surface area contributed by atoms with E-state index in [-0.39, 0.29) is 37.5 Å². The molecule has 0 aromatic heterocycles. The minimum Gasteiger partial charge on any atom is -0.462 e. The molecule has 0 saturated heterocycles. The number of esters is 3. The summed E-state index contributed by atoms with van der Waals surface area (Å²) in [7, 11) is 0. The SMILES string of the molecule is CCCCCCCC/C=C\C/C=C\C/C=C\CCCC(=O)OCC(COC(=O)CCCCCCCCCCCCCC)OC(=O)CCCCC/C=C\CCCCCCCC. The molecule has 0 bridgehead atoms. The standard InChI is InChI=1S/C54H96O6/c1-4-7-10-13-16-19-22-25-26-27-28-30-32-35-38-41-44-47-53(56)59-50-51(49-58-52(55)46-43-40-37-34-31-24-21-18-15-12-9-6-3)60-54(57)48-45-42-39-36-33-29-23-20-17-14-11-8-5-2/h25-26,28-30,33,35,38,51H,4-24,27,31-32,34,36-37,39-50H2,1-3H3/b26-25-,30-28-,33-29-,38-35-. The maximum atomic E-state index is 12.8. The van der Waals surface area contributed by atoms with E-state index in [0.717, 1.165) is 70.6 Å². The Morgan fingerprint density at radius 2 is 0.617 bits per heavy atom. The Hall–Kier alpha value is -2.63. The van der Waals surface area contributed by atoms with Crippen molar-refractivity contribution in [3.63, 3.8) is 0 Å². The summed E-state index contributed by atoms with van der Waals surface area (Å²) in [4.78, 5) is 37.9. The van der Waals surface area contributed by atoms with Crippen molar-refractivity contribution in [1.82, 2.24) is 0 Å². The third-order valence-electron chi connectivity index (χ3n) is 11.1. The van der Waals surface area contributed by atoms with Crippen LogP contribution in [0.4, 0.5) is 0 Å². The van der Waals surface area contributed by atoms with Gasteiger partial charge >= 0.3 is 17.9 Å². The molecule has 0 aromatic carbocycles. The number of unbranched alkanes of at least 4 members (excludes halogenated alkanes) is 27. The molecule has 0 N–H and O–H groups in total. The first kappa shape index (κ1) is 57.4. The summed E-state index contributed by atoms with van der Waals surface area (Å²) in [5.41, 5.74) is 0. The van der Waals surface area contributed by atoms with Gasteiger partial charge in [0.15, 0.2) is 6.10 Å². The lowest BCUT2D eigenvalue weighted by Crippen LogP contribution is -2.30. The van der Waals surface area contributed by atoms with Crippen LogP contribution >= 0.6 is 0 Å². The van der Waals surface area contributed by atoms with Crippen LogP contribution in [-0.4, -0.2) is 37.2 Å². The van der Waals surface area contributed by atoms with E-state index in [4.69, 9.17) is 14.2 Å². The molecule has 1 atom stereocenters. The quantitative estimate of drug-likeness (QED) is 0.0263. The maximum absolute atomic E-state index is 12.8. The van der Waals surface area contributed by atoms with Gasteiger partial charge in [0.1, 0.15) is 13.2 Å². The first-order valence-corrected chi connectivity index (χ1v) is 25.6. The summed E-state index contributed by atoms with van der Waals surface area (Å²) >= 11 is 0. The van der Waals surface area contributed by atoms with Gasteiger partial charge in [0.25, 0.3) is 0 Å². The van der Waals surface area contributed by atoms with E-state index < -0.39 is 6.10 Å². The fourth-order valence-corrected chi connectivity index (χ4v) is 7.16. The Bertz CT molecular complexity index is 1060. The second-order valence-electron chi connectivity index (χ2n) is 17.1. The predicted octanol–water partition coefficient (Wildman–Crippen LogP) is 16.7. The molecule has 1 unspecified atom stereocenters. The molecule has 60 heavy (non-hydrogen) atoms. The number of rotatable bonds is 46. The molecule has 0 spiro atoms. The largest absolute Gasteiger partial charge is 0.462 e. The molecule has 0 aliphatic carbocycles. The summed E-state index contributed by atoms with van der Waals surface area (Å²) in [5, 5.41) is 0. The topological polar surface area (TPSA) is 78.9 Å². The first-order chi connectivity index (χ1) is 29.5. The molecule has 0 aliphatic heterocycles. The van der Waals surface area contributed by atoms with Crippen molar-refractivity contribution in [2.75, 3.05) is 13.2 Å². The van der Waals surface area contributed by atoms with Crippen LogP contribution < -0.4 is 0 Å². The van der Waals surface area contributed by atoms with Crippen molar-refractivity contribution in [2.45, 2.75) is 264 Å². The smallest absolute Gasteiger partial charge is 0.306 e.